The van der Waals surface area contributed by atoms with Crippen molar-refractivity contribution in [2.24, 2.45) is 0 Å². The van der Waals surface area contributed by atoms with Crippen molar-refractivity contribution in [1.82, 2.24) is 10.3 Å². The topological polar surface area (TPSA) is 43.4 Å². The molecule has 0 bridgehead atoms. The second-order valence-electron chi connectivity index (χ2n) is 4.67. The molecule has 0 amide bonds. The summed E-state index contributed by atoms with van der Waals surface area (Å²) in [5.74, 6) is 1.57. The second-order valence-corrected chi connectivity index (χ2v) is 4.67. The third kappa shape index (κ3) is 4.76. The summed E-state index contributed by atoms with van der Waals surface area (Å²) < 4.78 is 10.9. The van der Waals surface area contributed by atoms with Gasteiger partial charge in [-0.05, 0) is 36.8 Å². The molecule has 0 spiro atoms. The number of hydrogen-bond donors (Lipinski definition) is 1. The summed E-state index contributed by atoms with van der Waals surface area (Å²) in [6.45, 7) is 4.30. The maximum absolute atomic E-state index is 5.51. The maximum Gasteiger partial charge on any atom is 0.161 e. The van der Waals surface area contributed by atoms with Gasteiger partial charge >= 0.3 is 0 Å². The van der Waals surface area contributed by atoms with E-state index in [1.54, 1.807) is 7.11 Å². The lowest BCUT2D eigenvalue weighted by atomic mass is 10.2. The quantitative estimate of drug-likeness (QED) is 0.758. The van der Waals surface area contributed by atoms with Gasteiger partial charge in [-0.2, -0.15) is 0 Å². The van der Waals surface area contributed by atoms with Gasteiger partial charge in [0.1, 0.15) is 0 Å². The molecule has 0 saturated carbocycles. The zero-order valence-corrected chi connectivity index (χ0v) is 12.6. The Labute approximate surface area is 126 Å². The number of hydrogen-bond acceptors (Lipinski definition) is 4. The standard InChI is InChI=1S/C17H22N2O2/c1-3-21-16-8-7-14(12-17(16)20-2)13-18-11-9-15-6-4-5-10-19-15/h4-8,10,12,18H,3,9,11,13H2,1-2H3. The molecule has 1 aromatic carbocycles. The minimum absolute atomic E-state index is 0.637. The van der Waals surface area contributed by atoms with Crippen LogP contribution < -0.4 is 14.8 Å². The van der Waals surface area contributed by atoms with Crippen molar-refractivity contribution in [2.45, 2.75) is 19.9 Å². The summed E-state index contributed by atoms with van der Waals surface area (Å²) in [7, 11) is 1.66. The van der Waals surface area contributed by atoms with Crippen LogP contribution in [0.2, 0.25) is 0 Å². The molecule has 0 aliphatic rings. The molecular weight excluding hydrogens is 264 g/mol. The summed E-state index contributed by atoms with van der Waals surface area (Å²) in [6, 6.07) is 12.0. The highest BCUT2D eigenvalue weighted by molar-refractivity contribution is 5.42. The molecule has 112 valence electrons. The largest absolute Gasteiger partial charge is 0.493 e. The van der Waals surface area contributed by atoms with E-state index < -0.39 is 0 Å². The van der Waals surface area contributed by atoms with Crippen LogP contribution in [0.25, 0.3) is 0 Å². The number of rotatable bonds is 8. The van der Waals surface area contributed by atoms with Crippen molar-refractivity contribution in [3.05, 3.63) is 53.9 Å². The average Bonchev–Trinajstić information content (AvgIpc) is 2.54. The van der Waals surface area contributed by atoms with Crippen LogP contribution in [0.3, 0.4) is 0 Å². The molecule has 4 heteroatoms. The molecule has 0 radical (unpaired) electrons. The number of benzene rings is 1. The van der Waals surface area contributed by atoms with Crippen LogP contribution in [0.5, 0.6) is 11.5 Å². The Morgan fingerprint density at radius 2 is 2.05 bits per heavy atom. The number of nitrogens with one attached hydrogen (secondary N) is 1. The fourth-order valence-electron chi connectivity index (χ4n) is 2.09. The molecular formula is C17H22N2O2. The maximum atomic E-state index is 5.51. The van der Waals surface area contributed by atoms with Crippen LogP contribution in [0, 0.1) is 0 Å². The molecule has 21 heavy (non-hydrogen) atoms. The molecule has 0 aliphatic carbocycles. The lowest BCUT2D eigenvalue weighted by molar-refractivity contribution is 0.310. The van der Waals surface area contributed by atoms with E-state index in [-0.39, 0.29) is 0 Å². The van der Waals surface area contributed by atoms with E-state index in [9.17, 15) is 0 Å². The summed E-state index contributed by atoms with van der Waals surface area (Å²) in [5.41, 5.74) is 2.28. The zero-order valence-electron chi connectivity index (χ0n) is 12.6. The molecule has 4 nitrogen and oxygen atoms in total. The van der Waals surface area contributed by atoms with E-state index in [0.29, 0.717) is 6.61 Å². The van der Waals surface area contributed by atoms with Gasteiger partial charge in [0, 0.05) is 31.4 Å². The van der Waals surface area contributed by atoms with Crippen LogP contribution in [0.15, 0.2) is 42.6 Å². The van der Waals surface area contributed by atoms with Gasteiger partial charge in [-0.3, -0.25) is 4.98 Å². The molecule has 0 saturated heterocycles. The van der Waals surface area contributed by atoms with Crippen LogP contribution in [-0.2, 0) is 13.0 Å². The summed E-state index contributed by atoms with van der Waals surface area (Å²) in [5, 5.41) is 3.42. The van der Waals surface area contributed by atoms with E-state index in [4.69, 9.17) is 9.47 Å². The summed E-state index contributed by atoms with van der Waals surface area (Å²) in [6.07, 6.45) is 2.75. The van der Waals surface area contributed by atoms with Crippen molar-refractivity contribution in [3.8, 4) is 11.5 Å². The van der Waals surface area contributed by atoms with E-state index >= 15 is 0 Å². The first-order chi connectivity index (χ1) is 10.3. The van der Waals surface area contributed by atoms with Crippen LogP contribution in [0.1, 0.15) is 18.2 Å². The molecule has 1 heterocycles. The number of methoxy groups -OCH3 is 1. The first-order valence-electron chi connectivity index (χ1n) is 7.24. The van der Waals surface area contributed by atoms with Crippen LogP contribution >= 0.6 is 0 Å². The Balaban J connectivity index is 1.83. The Kier molecular flexibility index (Phi) is 6.03. The molecule has 0 aliphatic heterocycles. The van der Waals surface area contributed by atoms with Gasteiger partial charge in [-0.25, -0.2) is 0 Å². The Morgan fingerprint density at radius 3 is 2.76 bits per heavy atom. The number of nitrogens with zero attached hydrogens (tertiary/aromatic N) is 1. The minimum atomic E-state index is 0.637. The zero-order chi connectivity index (χ0) is 14.9. The van der Waals surface area contributed by atoms with Crippen molar-refractivity contribution in [1.29, 1.82) is 0 Å². The number of ether oxygens (including phenoxy) is 2. The van der Waals surface area contributed by atoms with Gasteiger partial charge in [0.15, 0.2) is 11.5 Å². The smallest absolute Gasteiger partial charge is 0.161 e. The number of aromatic nitrogens is 1. The molecule has 1 N–H and O–H groups in total. The minimum Gasteiger partial charge on any atom is -0.493 e. The highest BCUT2D eigenvalue weighted by Gasteiger charge is 2.05. The normalized spacial score (nSPS) is 10.4. The van der Waals surface area contributed by atoms with Gasteiger partial charge in [0.05, 0.1) is 13.7 Å². The fraction of sp³-hybridized carbons (Fsp3) is 0.353. The van der Waals surface area contributed by atoms with E-state index in [2.05, 4.69) is 16.4 Å². The molecule has 1 aromatic heterocycles. The summed E-state index contributed by atoms with van der Waals surface area (Å²) in [4.78, 5) is 4.31. The van der Waals surface area contributed by atoms with Crippen LogP contribution in [-0.4, -0.2) is 25.2 Å². The van der Waals surface area contributed by atoms with Crippen LogP contribution in [0.4, 0.5) is 0 Å². The average molecular weight is 286 g/mol. The van der Waals surface area contributed by atoms with Crippen molar-refractivity contribution >= 4 is 0 Å². The number of pyridine rings is 1. The fourth-order valence-corrected chi connectivity index (χ4v) is 2.09. The Bertz CT molecular complexity index is 544. The van der Waals surface area contributed by atoms with E-state index in [1.165, 1.54) is 5.56 Å². The summed E-state index contributed by atoms with van der Waals surface area (Å²) >= 11 is 0. The SMILES string of the molecule is CCOc1ccc(CNCCc2ccccn2)cc1OC. The highest BCUT2D eigenvalue weighted by Crippen LogP contribution is 2.27. The molecule has 0 atom stereocenters. The van der Waals surface area contributed by atoms with Crippen molar-refractivity contribution in [2.75, 3.05) is 20.3 Å². The first-order valence-corrected chi connectivity index (χ1v) is 7.24. The molecule has 2 aromatic rings. The molecule has 0 fully saturated rings. The van der Waals surface area contributed by atoms with E-state index in [0.717, 1.165) is 36.7 Å². The van der Waals surface area contributed by atoms with Crippen molar-refractivity contribution in [3.63, 3.8) is 0 Å². The highest BCUT2D eigenvalue weighted by atomic mass is 16.5. The van der Waals surface area contributed by atoms with E-state index in [1.807, 2.05) is 43.5 Å². The Morgan fingerprint density at radius 1 is 1.14 bits per heavy atom. The third-order valence-corrected chi connectivity index (χ3v) is 3.14. The van der Waals surface area contributed by atoms with Crippen molar-refractivity contribution < 1.29 is 9.47 Å². The van der Waals surface area contributed by atoms with Gasteiger partial charge in [0.2, 0.25) is 0 Å². The first kappa shape index (κ1) is 15.3. The van der Waals surface area contributed by atoms with Gasteiger partial charge < -0.3 is 14.8 Å². The predicted molar refractivity (Wildman–Crippen MR) is 83.8 cm³/mol. The molecule has 2 rings (SSSR count). The van der Waals surface area contributed by atoms with Gasteiger partial charge in [-0.1, -0.05) is 12.1 Å². The lowest BCUT2D eigenvalue weighted by Gasteiger charge is -2.11. The Hall–Kier alpha value is -2.07. The molecule has 0 unspecified atom stereocenters. The second kappa shape index (κ2) is 8.27. The third-order valence-electron chi connectivity index (χ3n) is 3.14. The van der Waals surface area contributed by atoms with Gasteiger partial charge in [0.25, 0.3) is 0 Å². The predicted octanol–water partition coefficient (Wildman–Crippen LogP) is 2.82. The monoisotopic (exact) mass is 286 g/mol. The lowest BCUT2D eigenvalue weighted by Crippen LogP contribution is -2.17. The van der Waals surface area contributed by atoms with Gasteiger partial charge in [-0.15, -0.1) is 0 Å².